The van der Waals surface area contributed by atoms with E-state index in [9.17, 15) is 14.7 Å². The first-order valence-electron chi connectivity index (χ1n) is 12.7. The third-order valence-corrected chi connectivity index (χ3v) is 8.65. The molecular weight excluding hydrogens is 540 g/mol. The predicted molar refractivity (Wildman–Crippen MR) is 153 cm³/mol. The average Bonchev–Trinajstić information content (AvgIpc) is 3.60. The van der Waals surface area contributed by atoms with Crippen molar-refractivity contribution in [3.05, 3.63) is 69.5 Å². The fraction of sp³-hybridized carbons (Fsp3) is 0.321. The molecule has 2 aliphatic rings. The average molecular weight is 567 g/mol. The molecule has 2 aliphatic heterocycles. The molecule has 39 heavy (non-hydrogen) atoms. The maximum absolute atomic E-state index is 12.8. The molecule has 9 nitrogen and oxygen atoms in total. The largest absolute Gasteiger partial charge is 0.477 e. The zero-order valence-corrected chi connectivity index (χ0v) is 22.9. The van der Waals surface area contributed by atoms with E-state index >= 15 is 0 Å². The Hall–Kier alpha value is -3.44. The molecule has 0 aliphatic carbocycles. The summed E-state index contributed by atoms with van der Waals surface area (Å²) in [5.74, 6) is -1.27. The van der Waals surface area contributed by atoms with E-state index in [0.29, 0.717) is 29.5 Å². The highest BCUT2D eigenvalue weighted by molar-refractivity contribution is 7.22. The first-order chi connectivity index (χ1) is 18.9. The number of morpholine rings is 1. The number of nitrogens with zero attached hydrogens (tertiary/aromatic N) is 4. The summed E-state index contributed by atoms with van der Waals surface area (Å²) in [4.78, 5) is 33.8. The molecule has 2 aromatic heterocycles. The Balaban J connectivity index is 1.42. The standard InChI is InChI=1S/C28H27ClN4O5S/c1-37-19-6-7-32(15-19)23-5-2-17(12-21(23)29)24-14-25(34)20(27(35)36)16-33(24)18-3-4-22-26(13-18)39-28(30-22)31-8-10-38-11-9-31/h2-5,12-14,16,19H,6-11,15H2,1H3,(H,35,36). The Morgan fingerprint density at radius 3 is 2.67 bits per heavy atom. The van der Waals surface area contributed by atoms with E-state index in [1.165, 1.54) is 12.3 Å². The van der Waals surface area contributed by atoms with E-state index in [-0.39, 0.29) is 11.7 Å². The summed E-state index contributed by atoms with van der Waals surface area (Å²) < 4.78 is 13.7. The van der Waals surface area contributed by atoms with Crippen LogP contribution in [0.25, 0.3) is 27.2 Å². The number of carbonyl (C=O) groups is 1. The topological polar surface area (TPSA) is 97.1 Å². The first-order valence-corrected chi connectivity index (χ1v) is 13.9. The number of carboxylic acids is 1. The van der Waals surface area contributed by atoms with Gasteiger partial charge in [-0.25, -0.2) is 9.78 Å². The minimum Gasteiger partial charge on any atom is -0.477 e. The van der Waals surface area contributed by atoms with Gasteiger partial charge in [-0.3, -0.25) is 4.79 Å². The number of hydrogen-bond acceptors (Lipinski definition) is 8. The van der Waals surface area contributed by atoms with Gasteiger partial charge in [-0.15, -0.1) is 0 Å². The number of aromatic nitrogens is 2. The van der Waals surface area contributed by atoms with Crippen molar-refractivity contribution >= 4 is 49.9 Å². The van der Waals surface area contributed by atoms with Crippen LogP contribution in [-0.2, 0) is 9.47 Å². The van der Waals surface area contributed by atoms with Crippen LogP contribution in [0.4, 0.5) is 10.8 Å². The molecule has 4 aromatic rings. The molecule has 2 aromatic carbocycles. The van der Waals surface area contributed by atoms with Gasteiger partial charge < -0.3 is 28.9 Å². The lowest BCUT2D eigenvalue weighted by molar-refractivity contribution is 0.0695. The lowest BCUT2D eigenvalue weighted by Gasteiger charge is -2.25. The number of rotatable bonds is 6. The number of carboxylic acid groups (broad SMARTS) is 1. The second-order valence-electron chi connectivity index (χ2n) is 9.62. The fourth-order valence-corrected chi connectivity index (χ4v) is 6.48. The van der Waals surface area contributed by atoms with Gasteiger partial charge in [-0.05, 0) is 36.8 Å². The number of methoxy groups -OCH3 is 1. The van der Waals surface area contributed by atoms with E-state index in [2.05, 4.69) is 9.80 Å². The number of halogens is 1. The van der Waals surface area contributed by atoms with E-state index in [1.807, 2.05) is 36.4 Å². The Morgan fingerprint density at radius 1 is 1.13 bits per heavy atom. The molecule has 202 valence electrons. The second-order valence-corrected chi connectivity index (χ2v) is 11.0. The zero-order chi connectivity index (χ0) is 27.1. The van der Waals surface area contributed by atoms with Crippen LogP contribution in [0.5, 0.6) is 0 Å². The number of ether oxygens (including phenoxy) is 2. The summed E-state index contributed by atoms with van der Waals surface area (Å²) in [6, 6.07) is 12.8. The Morgan fingerprint density at radius 2 is 1.95 bits per heavy atom. The molecule has 4 heterocycles. The van der Waals surface area contributed by atoms with Crippen molar-refractivity contribution < 1.29 is 19.4 Å². The summed E-state index contributed by atoms with van der Waals surface area (Å²) in [5, 5.41) is 11.2. The monoisotopic (exact) mass is 566 g/mol. The van der Waals surface area contributed by atoms with E-state index in [0.717, 1.165) is 59.3 Å². The molecular formula is C28H27ClN4O5S. The summed E-state index contributed by atoms with van der Waals surface area (Å²) in [5.41, 5.74) is 2.87. The SMILES string of the molecule is COC1CCN(c2ccc(-c3cc(=O)c(C(=O)O)cn3-c3ccc4nc(N5CCOCC5)sc4c3)cc2Cl)C1. The van der Waals surface area contributed by atoms with Crippen molar-refractivity contribution in [2.45, 2.75) is 12.5 Å². The van der Waals surface area contributed by atoms with Crippen molar-refractivity contribution in [2.24, 2.45) is 0 Å². The molecule has 0 amide bonds. The molecule has 2 fully saturated rings. The zero-order valence-electron chi connectivity index (χ0n) is 21.3. The van der Waals surface area contributed by atoms with E-state index in [1.54, 1.807) is 23.0 Å². The molecule has 1 N–H and O–H groups in total. The van der Waals surface area contributed by atoms with Gasteiger partial charge in [0.1, 0.15) is 5.56 Å². The lowest BCUT2D eigenvalue weighted by Crippen LogP contribution is -2.36. The van der Waals surface area contributed by atoms with Gasteiger partial charge >= 0.3 is 5.97 Å². The number of aromatic carboxylic acids is 1. The number of hydrogen-bond donors (Lipinski definition) is 1. The number of thiazole rings is 1. The molecule has 6 rings (SSSR count). The van der Waals surface area contributed by atoms with Crippen LogP contribution < -0.4 is 15.2 Å². The number of anilines is 2. The number of pyridine rings is 1. The van der Waals surface area contributed by atoms with Gasteiger partial charge in [-0.1, -0.05) is 29.0 Å². The Labute approximate surface area is 233 Å². The maximum Gasteiger partial charge on any atom is 0.341 e. The minimum absolute atomic E-state index is 0.167. The molecule has 11 heteroatoms. The van der Waals surface area contributed by atoms with Crippen LogP contribution in [0.2, 0.25) is 5.02 Å². The van der Waals surface area contributed by atoms with Crippen LogP contribution >= 0.6 is 22.9 Å². The maximum atomic E-state index is 12.8. The van der Waals surface area contributed by atoms with Crippen LogP contribution in [0.15, 0.2) is 53.5 Å². The normalized spacial score (nSPS) is 17.7. The third-order valence-electron chi connectivity index (χ3n) is 7.26. The van der Waals surface area contributed by atoms with Crippen LogP contribution in [0.3, 0.4) is 0 Å². The third kappa shape index (κ3) is 5.00. The molecule has 1 atom stereocenters. The van der Waals surface area contributed by atoms with Gasteiger partial charge in [0.05, 0.1) is 45.9 Å². The fourth-order valence-electron chi connectivity index (χ4n) is 5.13. The molecule has 1 unspecified atom stereocenters. The Kier molecular flexibility index (Phi) is 7.03. The summed E-state index contributed by atoms with van der Waals surface area (Å²) >= 11 is 8.32. The van der Waals surface area contributed by atoms with Crippen LogP contribution in [-0.4, -0.2) is 73.2 Å². The van der Waals surface area contributed by atoms with Crippen molar-refractivity contribution in [1.29, 1.82) is 0 Å². The van der Waals surface area contributed by atoms with Crippen LogP contribution in [0, 0.1) is 0 Å². The summed E-state index contributed by atoms with van der Waals surface area (Å²) in [6.07, 6.45) is 2.48. The van der Waals surface area contributed by atoms with Gasteiger partial charge in [0.2, 0.25) is 0 Å². The summed E-state index contributed by atoms with van der Waals surface area (Å²) in [7, 11) is 1.71. The highest BCUT2D eigenvalue weighted by Crippen LogP contribution is 2.35. The minimum atomic E-state index is -1.27. The molecule has 0 saturated carbocycles. The molecule has 0 bridgehead atoms. The van der Waals surface area contributed by atoms with Gasteiger partial charge in [-0.2, -0.15) is 0 Å². The lowest BCUT2D eigenvalue weighted by atomic mass is 10.1. The Bertz CT molecular complexity index is 1610. The van der Waals surface area contributed by atoms with Gasteiger partial charge in [0.25, 0.3) is 0 Å². The van der Waals surface area contributed by atoms with Crippen molar-refractivity contribution in [3.8, 4) is 16.9 Å². The quantitative estimate of drug-likeness (QED) is 0.364. The first kappa shape index (κ1) is 25.8. The van der Waals surface area contributed by atoms with Gasteiger partial charge in [0, 0.05) is 56.8 Å². The smallest absolute Gasteiger partial charge is 0.341 e. The molecule has 0 spiro atoms. The van der Waals surface area contributed by atoms with Crippen molar-refractivity contribution in [3.63, 3.8) is 0 Å². The summed E-state index contributed by atoms with van der Waals surface area (Å²) in [6.45, 7) is 4.53. The highest BCUT2D eigenvalue weighted by atomic mass is 35.5. The van der Waals surface area contributed by atoms with E-state index in [4.69, 9.17) is 26.1 Å². The number of benzene rings is 2. The number of fused-ring (bicyclic) bond motifs is 1. The molecule has 2 saturated heterocycles. The highest BCUT2D eigenvalue weighted by Gasteiger charge is 2.24. The second kappa shape index (κ2) is 10.6. The molecule has 0 radical (unpaired) electrons. The van der Waals surface area contributed by atoms with Crippen molar-refractivity contribution in [2.75, 3.05) is 56.3 Å². The predicted octanol–water partition coefficient (Wildman–Crippen LogP) is 4.53. The van der Waals surface area contributed by atoms with Crippen molar-refractivity contribution in [1.82, 2.24) is 9.55 Å². The van der Waals surface area contributed by atoms with E-state index < -0.39 is 11.4 Å². The van der Waals surface area contributed by atoms with Crippen LogP contribution in [0.1, 0.15) is 16.8 Å². The van der Waals surface area contributed by atoms with Gasteiger partial charge in [0.15, 0.2) is 10.6 Å².